The Morgan fingerprint density at radius 2 is 2.17 bits per heavy atom. The van der Waals surface area contributed by atoms with Gasteiger partial charge in [-0.15, -0.1) is 0 Å². The molecule has 1 N–H and O–H groups in total. The van der Waals surface area contributed by atoms with Crippen LogP contribution in [0, 0.1) is 6.92 Å². The van der Waals surface area contributed by atoms with Gasteiger partial charge in [0.1, 0.15) is 11.6 Å². The Labute approximate surface area is 168 Å². The molecule has 1 atom stereocenters. The predicted molar refractivity (Wildman–Crippen MR) is 105 cm³/mol. The summed E-state index contributed by atoms with van der Waals surface area (Å²) in [4.78, 5) is 35.7. The number of nitrogens with one attached hydrogen (secondary N) is 1. The normalized spacial score (nSPS) is 15.8. The Kier molecular flexibility index (Phi) is 5.16. The van der Waals surface area contributed by atoms with Crippen molar-refractivity contribution in [2.24, 2.45) is 0 Å². The van der Waals surface area contributed by atoms with E-state index in [-0.39, 0.29) is 24.3 Å². The van der Waals surface area contributed by atoms with Gasteiger partial charge in [-0.3, -0.25) is 14.6 Å². The molecule has 8 nitrogen and oxygen atoms in total. The first-order valence-corrected chi connectivity index (χ1v) is 9.59. The number of rotatable bonds is 5. The lowest BCUT2D eigenvalue weighted by molar-refractivity contribution is -0.120. The molecule has 4 heterocycles. The number of furan rings is 1. The van der Waals surface area contributed by atoms with E-state index >= 15 is 0 Å². The lowest BCUT2D eigenvalue weighted by Gasteiger charge is -2.33. The minimum atomic E-state index is -0.184. The Morgan fingerprint density at radius 1 is 1.31 bits per heavy atom. The molecule has 0 unspecified atom stereocenters. The molecular weight excluding hydrogens is 370 g/mol. The Balaban J connectivity index is 1.43. The van der Waals surface area contributed by atoms with Crippen LogP contribution in [0.2, 0.25) is 0 Å². The van der Waals surface area contributed by atoms with E-state index in [4.69, 9.17) is 4.42 Å². The summed E-state index contributed by atoms with van der Waals surface area (Å²) in [6, 6.07) is 5.26. The molecule has 0 radical (unpaired) electrons. The predicted octanol–water partition coefficient (Wildman–Crippen LogP) is 2.26. The second kappa shape index (κ2) is 7.90. The van der Waals surface area contributed by atoms with E-state index in [1.54, 1.807) is 29.6 Å². The van der Waals surface area contributed by atoms with E-state index in [1.807, 2.05) is 36.7 Å². The fourth-order valence-electron chi connectivity index (χ4n) is 3.57. The number of aromatic nitrogens is 3. The van der Waals surface area contributed by atoms with Crippen LogP contribution in [-0.2, 0) is 24.3 Å². The van der Waals surface area contributed by atoms with Crippen LogP contribution < -0.4 is 5.32 Å². The highest BCUT2D eigenvalue weighted by molar-refractivity contribution is 5.94. The first kappa shape index (κ1) is 18.9. The molecule has 0 saturated heterocycles. The average Bonchev–Trinajstić information content (AvgIpc) is 3.36. The van der Waals surface area contributed by atoms with Crippen molar-refractivity contribution >= 4 is 11.8 Å². The maximum absolute atomic E-state index is 12.9. The minimum absolute atomic E-state index is 0.0549. The summed E-state index contributed by atoms with van der Waals surface area (Å²) in [6.45, 7) is 5.45. The number of imidazole rings is 1. The Bertz CT molecular complexity index is 1020. The van der Waals surface area contributed by atoms with Gasteiger partial charge in [0.05, 0.1) is 36.5 Å². The van der Waals surface area contributed by atoms with Crippen molar-refractivity contribution in [3.05, 3.63) is 71.5 Å². The molecule has 29 heavy (non-hydrogen) atoms. The third kappa shape index (κ3) is 4.06. The molecule has 2 amide bonds. The number of carbonyl (C=O) groups is 2. The number of pyridine rings is 1. The highest BCUT2D eigenvalue weighted by atomic mass is 16.3. The van der Waals surface area contributed by atoms with Gasteiger partial charge >= 0.3 is 0 Å². The molecule has 0 bridgehead atoms. The van der Waals surface area contributed by atoms with Crippen LogP contribution in [0.4, 0.5) is 0 Å². The molecular formula is C21H23N5O3. The van der Waals surface area contributed by atoms with Crippen LogP contribution in [-0.4, -0.2) is 37.8 Å². The third-order valence-corrected chi connectivity index (χ3v) is 5.04. The van der Waals surface area contributed by atoms with Gasteiger partial charge in [0.2, 0.25) is 5.91 Å². The van der Waals surface area contributed by atoms with Gasteiger partial charge in [-0.05, 0) is 37.6 Å². The molecule has 8 heteroatoms. The molecule has 0 aromatic carbocycles. The van der Waals surface area contributed by atoms with E-state index < -0.39 is 0 Å². The van der Waals surface area contributed by atoms with Crippen LogP contribution in [0.1, 0.15) is 46.2 Å². The summed E-state index contributed by atoms with van der Waals surface area (Å²) in [6.07, 6.45) is 6.98. The number of hydrogen-bond donors (Lipinski definition) is 1. The maximum Gasteiger partial charge on any atom is 0.256 e. The van der Waals surface area contributed by atoms with E-state index in [0.717, 1.165) is 11.4 Å². The zero-order valence-corrected chi connectivity index (χ0v) is 16.5. The quantitative estimate of drug-likeness (QED) is 0.718. The lowest BCUT2D eigenvalue weighted by Crippen LogP contribution is -2.41. The van der Waals surface area contributed by atoms with Crippen molar-refractivity contribution in [3.63, 3.8) is 0 Å². The van der Waals surface area contributed by atoms with Gasteiger partial charge in [-0.25, -0.2) is 4.98 Å². The summed E-state index contributed by atoms with van der Waals surface area (Å²) in [5.74, 6) is 1.32. The van der Waals surface area contributed by atoms with Crippen molar-refractivity contribution in [2.45, 2.75) is 39.4 Å². The van der Waals surface area contributed by atoms with Crippen molar-refractivity contribution in [1.82, 2.24) is 24.8 Å². The smallest absolute Gasteiger partial charge is 0.256 e. The molecule has 0 fully saturated rings. The number of amides is 2. The van der Waals surface area contributed by atoms with Crippen LogP contribution in [0.25, 0.3) is 0 Å². The van der Waals surface area contributed by atoms with Gasteiger partial charge in [0, 0.05) is 31.7 Å². The molecule has 3 aromatic heterocycles. The fraction of sp³-hybridized carbons (Fsp3) is 0.333. The van der Waals surface area contributed by atoms with Crippen molar-refractivity contribution in [3.8, 4) is 0 Å². The van der Waals surface area contributed by atoms with Crippen molar-refractivity contribution in [2.75, 3.05) is 6.54 Å². The van der Waals surface area contributed by atoms with Crippen LogP contribution in [0.3, 0.4) is 0 Å². The number of fused-ring (bicyclic) bond motifs is 1. The second-order valence-electron chi connectivity index (χ2n) is 7.24. The fourth-order valence-corrected chi connectivity index (χ4v) is 3.57. The summed E-state index contributed by atoms with van der Waals surface area (Å²) in [5.41, 5.74) is 2.22. The molecule has 0 spiro atoms. The van der Waals surface area contributed by atoms with Gasteiger partial charge in [-0.2, -0.15) is 0 Å². The molecule has 150 valence electrons. The Morgan fingerprint density at radius 3 is 2.93 bits per heavy atom. The third-order valence-electron chi connectivity index (χ3n) is 5.04. The van der Waals surface area contributed by atoms with Crippen LogP contribution in [0.5, 0.6) is 0 Å². The molecule has 4 rings (SSSR count). The SMILES string of the molecule is Cc1cncc(C(=O)N2CCn3cc(CC(=O)NCc4ccco4)nc3[C@@H]2C)c1. The van der Waals surface area contributed by atoms with Crippen molar-refractivity contribution < 1.29 is 14.0 Å². The number of carbonyl (C=O) groups excluding carboxylic acids is 2. The largest absolute Gasteiger partial charge is 0.467 e. The van der Waals surface area contributed by atoms with Gasteiger partial charge in [0.25, 0.3) is 5.91 Å². The first-order valence-electron chi connectivity index (χ1n) is 9.59. The van der Waals surface area contributed by atoms with Crippen LogP contribution >= 0.6 is 0 Å². The molecule has 0 aliphatic carbocycles. The summed E-state index contributed by atoms with van der Waals surface area (Å²) >= 11 is 0. The minimum Gasteiger partial charge on any atom is -0.467 e. The number of nitrogens with zero attached hydrogens (tertiary/aromatic N) is 4. The van der Waals surface area contributed by atoms with Crippen LogP contribution in [0.15, 0.2) is 47.5 Å². The van der Waals surface area contributed by atoms with Gasteiger partial charge in [0.15, 0.2) is 0 Å². The molecule has 3 aromatic rings. The molecule has 1 aliphatic rings. The average molecular weight is 393 g/mol. The standard InChI is InChI=1S/C21H23N5O3/c1-14-8-16(11-22-10-14)21(28)26-6-5-25-13-17(24-20(25)15(26)2)9-19(27)23-12-18-4-3-7-29-18/h3-4,7-8,10-11,13,15H,5-6,9,12H2,1-2H3,(H,23,27)/t15-/m0/s1. The lowest BCUT2D eigenvalue weighted by atomic mass is 10.1. The highest BCUT2D eigenvalue weighted by Crippen LogP contribution is 2.26. The van der Waals surface area contributed by atoms with E-state index in [1.165, 1.54) is 0 Å². The second-order valence-corrected chi connectivity index (χ2v) is 7.24. The highest BCUT2D eigenvalue weighted by Gasteiger charge is 2.30. The monoisotopic (exact) mass is 393 g/mol. The zero-order chi connectivity index (χ0) is 20.4. The molecule has 0 saturated carbocycles. The summed E-state index contributed by atoms with van der Waals surface area (Å²) < 4.78 is 7.24. The number of hydrogen-bond acceptors (Lipinski definition) is 5. The topological polar surface area (TPSA) is 93.3 Å². The van der Waals surface area contributed by atoms with Gasteiger partial charge < -0.3 is 19.2 Å². The van der Waals surface area contributed by atoms with E-state index in [2.05, 4.69) is 15.3 Å². The first-order chi connectivity index (χ1) is 14.0. The van der Waals surface area contributed by atoms with Crippen molar-refractivity contribution in [1.29, 1.82) is 0 Å². The van der Waals surface area contributed by atoms with E-state index in [0.29, 0.717) is 36.7 Å². The Hall–Kier alpha value is -3.42. The zero-order valence-electron chi connectivity index (χ0n) is 16.5. The maximum atomic E-state index is 12.9. The van der Waals surface area contributed by atoms with Gasteiger partial charge in [-0.1, -0.05) is 0 Å². The number of aryl methyl sites for hydroxylation is 1. The summed E-state index contributed by atoms with van der Waals surface area (Å²) in [7, 11) is 0. The van der Waals surface area contributed by atoms with E-state index in [9.17, 15) is 9.59 Å². The summed E-state index contributed by atoms with van der Waals surface area (Å²) in [5, 5.41) is 2.83. The molecule has 1 aliphatic heterocycles.